The molecule has 0 unspecified atom stereocenters. The molecular formula is C67H59BBr2ClF2N15O4S4. The van der Waals surface area contributed by atoms with Crippen molar-refractivity contribution in [3.63, 3.8) is 0 Å². The molecule has 0 atom stereocenters. The summed E-state index contributed by atoms with van der Waals surface area (Å²) in [6.07, 6.45) is 5.14. The van der Waals surface area contributed by atoms with Crippen molar-refractivity contribution in [2.45, 2.75) is 0 Å². The standard InChI is InChI=1S/C20H15FN4OS.C14H13N3S.C13H12N4S.C10H11BN2O2.C7H4ClFO.C3H3BrN2S.BrH/c1-25-17(11-16(24-25)13-7-3-2-4-8-13)18-12-22-20(27-18)23-19(26)14-9-5-6-10-15(14)21;1-17-12(13-7-8-14(15)18-13)9-11(16-17)10-5-3-2-4-6-10;1-17-11(12-8-15-13(14)18-12)7-10(16-17)9-5-3-2-4-6-9;1-13-10(11(14)15)7-9(12-13)8-5-3-2-4-6-8;8-7(10)5-3-1-2-4-6(5)9;4-2-1-6-3(5)7-2;/h2-12H,1H3,(H,22,23,26);2-9H,15H2,1H3;2-8H,1H3,(H2,14,15);2-7,14-15H,1H3;1-4H;1H,(H2,5,6);1H. The van der Waals surface area contributed by atoms with Gasteiger partial charge in [-0.15, -0.1) is 28.3 Å². The Bertz CT molecular complexity index is 4660. The highest BCUT2D eigenvalue weighted by Crippen LogP contribution is 2.34. The smallest absolute Gasteiger partial charge is 0.422 e. The summed E-state index contributed by atoms with van der Waals surface area (Å²) >= 11 is 14.0. The van der Waals surface area contributed by atoms with Crippen LogP contribution in [-0.4, -0.2) is 82.4 Å². The van der Waals surface area contributed by atoms with Crippen LogP contribution in [0.2, 0.25) is 0 Å². The van der Waals surface area contributed by atoms with Gasteiger partial charge in [0.05, 0.1) is 86.2 Å². The molecule has 0 fully saturated rings. The number of aromatic nitrogens is 11. The molecule has 8 aromatic heterocycles. The van der Waals surface area contributed by atoms with Gasteiger partial charge in [0, 0.05) is 62.8 Å². The number of anilines is 4. The molecule has 6 aromatic carbocycles. The largest absolute Gasteiger partial charge is 0.507 e. The number of hydrogen-bond acceptors (Lipinski definition) is 18. The van der Waals surface area contributed by atoms with Crippen molar-refractivity contribution >= 4 is 134 Å². The third-order valence-corrected chi connectivity index (χ3v) is 17.7. The van der Waals surface area contributed by atoms with Gasteiger partial charge in [0.25, 0.3) is 11.1 Å². The van der Waals surface area contributed by atoms with Gasteiger partial charge in [-0.25, -0.2) is 23.7 Å². The summed E-state index contributed by atoms with van der Waals surface area (Å²) in [6.45, 7) is 0. The Balaban J connectivity index is 0.000000153. The summed E-state index contributed by atoms with van der Waals surface area (Å²) in [4.78, 5) is 37.7. The lowest BCUT2D eigenvalue weighted by molar-refractivity contribution is 0.102. The second-order valence-electron chi connectivity index (χ2n) is 20.0. The molecule has 19 nitrogen and oxygen atoms in total. The van der Waals surface area contributed by atoms with Crippen LogP contribution in [0.5, 0.6) is 0 Å². The summed E-state index contributed by atoms with van der Waals surface area (Å²) in [5.74, 6) is -1.67. The number of benzene rings is 6. The molecule has 0 aliphatic heterocycles. The number of nitrogens with one attached hydrogen (secondary N) is 1. The number of nitrogens with two attached hydrogens (primary N) is 3. The summed E-state index contributed by atoms with van der Waals surface area (Å²) in [7, 11) is 5.94. The van der Waals surface area contributed by atoms with Crippen LogP contribution in [0.25, 0.3) is 76.7 Å². The molecule has 9 N–H and O–H groups in total. The van der Waals surface area contributed by atoms with E-state index in [1.807, 2.05) is 158 Å². The van der Waals surface area contributed by atoms with Gasteiger partial charge in [-0.05, 0) is 88.2 Å². The number of carbonyl (C=O) groups excluding carboxylic acids is 2. The Hall–Kier alpha value is -9.62. The Morgan fingerprint density at radius 2 is 0.865 bits per heavy atom. The Morgan fingerprint density at radius 1 is 0.479 bits per heavy atom. The average molecular weight is 1510 g/mol. The van der Waals surface area contributed by atoms with E-state index in [1.165, 1.54) is 69.0 Å². The van der Waals surface area contributed by atoms with E-state index in [2.05, 4.69) is 80.9 Å². The normalized spacial score (nSPS) is 10.3. The van der Waals surface area contributed by atoms with Crippen LogP contribution in [-0.2, 0) is 28.2 Å². The summed E-state index contributed by atoms with van der Waals surface area (Å²) < 4.78 is 34.2. The highest BCUT2D eigenvalue weighted by Gasteiger charge is 2.20. The molecule has 29 heteroatoms. The molecular weight excluding hydrogens is 1450 g/mol. The zero-order chi connectivity index (χ0) is 67.5. The molecule has 0 aliphatic rings. The third kappa shape index (κ3) is 19.7. The van der Waals surface area contributed by atoms with Gasteiger partial charge in [-0.2, -0.15) is 20.4 Å². The number of thiazole rings is 3. The number of thiophene rings is 1. The summed E-state index contributed by atoms with van der Waals surface area (Å²) in [5.41, 5.74) is 27.8. The fraction of sp³-hybridized carbons (Fsp3) is 0.0597. The fourth-order valence-corrected chi connectivity index (χ4v) is 12.4. The maximum absolute atomic E-state index is 13.7. The van der Waals surface area contributed by atoms with Crippen LogP contribution >= 0.6 is 89.9 Å². The van der Waals surface area contributed by atoms with Crippen molar-refractivity contribution in [2.24, 2.45) is 28.2 Å². The molecule has 14 rings (SSSR count). The molecule has 8 heterocycles. The second kappa shape index (κ2) is 34.7. The van der Waals surface area contributed by atoms with Crippen molar-refractivity contribution < 1.29 is 28.4 Å². The zero-order valence-corrected chi connectivity index (χ0v) is 58.7. The first-order valence-electron chi connectivity index (χ1n) is 28.4. The van der Waals surface area contributed by atoms with E-state index >= 15 is 0 Å². The van der Waals surface area contributed by atoms with Gasteiger partial charge in [-0.3, -0.25) is 33.6 Å². The van der Waals surface area contributed by atoms with Gasteiger partial charge in [0.15, 0.2) is 15.4 Å². The van der Waals surface area contributed by atoms with Crippen molar-refractivity contribution in [1.82, 2.24) is 54.1 Å². The van der Waals surface area contributed by atoms with Crippen LogP contribution in [0.1, 0.15) is 20.7 Å². The predicted molar refractivity (Wildman–Crippen MR) is 394 cm³/mol. The number of aryl methyl sites for hydroxylation is 4. The second-order valence-corrected chi connectivity index (χ2v) is 26.0. The van der Waals surface area contributed by atoms with Gasteiger partial charge in [-0.1, -0.05) is 180 Å². The summed E-state index contributed by atoms with van der Waals surface area (Å²) in [5, 5.41) is 40.2. The minimum Gasteiger partial charge on any atom is -0.422 e. The van der Waals surface area contributed by atoms with Crippen LogP contribution in [0.15, 0.2) is 229 Å². The lowest BCUT2D eigenvalue weighted by atomic mass is 9.85. The lowest BCUT2D eigenvalue weighted by Crippen LogP contribution is -2.35. The van der Waals surface area contributed by atoms with E-state index in [1.54, 1.807) is 65.9 Å². The van der Waals surface area contributed by atoms with Gasteiger partial charge < -0.3 is 27.2 Å². The number of nitrogen functional groups attached to an aromatic ring is 3. The molecule has 14 aromatic rings. The Kier molecular flexibility index (Phi) is 26.1. The van der Waals surface area contributed by atoms with Crippen molar-refractivity contribution in [1.29, 1.82) is 0 Å². The topological polar surface area (TPSA) is 275 Å². The lowest BCUT2D eigenvalue weighted by Gasteiger charge is -2.02. The molecule has 0 spiro atoms. The highest BCUT2D eigenvalue weighted by molar-refractivity contribution is 9.11. The average Bonchev–Trinajstić information content (AvgIpc) is 1.69. The first-order chi connectivity index (χ1) is 45.8. The molecule has 0 saturated carbocycles. The fourth-order valence-electron chi connectivity index (χ4n) is 8.86. The molecule has 0 aliphatic carbocycles. The first kappa shape index (κ1) is 72.2. The van der Waals surface area contributed by atoms with Crippen molar-refractivity contribution in [2.75, 3.05) is 22.5 Å². The minimum absolute atomic E-state index is 0. The van der Waals surface area contributed by atoms with Crippen LogP contribution in [0.3, 0.4) is 0 Å². The Labute approximate surface area is 590 Å². The highest BCUT2D eigenvalue weighted by atomic mass is 79.9. The number of nitrogens with zero attached hydrogens (tertiary/aromatic N) is 11. The van der Waals surface area contributed by atoms with Crippen molar-refractivity contribution in [3.8, 4) is 76.7 Å². The maximum atomic E-state index is 13.7. The van der Waals surface area contributed by atoms with E-state index in [0.717, 1.165) is 85.5 Å². The van der Waals surface area contributed by atoms with Crippen molar-refractivity contribution in [3.05, 3.63) is 251 Å². The molecule has 0 bridgehead atoms. The van der Waals surface area contributed by atoms with E-state index in [4.69, 9.17) is 38.8 Å². The van der Waals surface area contributed by atoms with Crippen LogP contribution in [0.4, 0.5) is 29.2 Å². The third-order valence-electron chi connectivity index (χ3n) is 13.4. The number of hydrogen-bond donors (Lipinski definition) is 6. The zero-order valence-electron chi connectivity index (χ0n) is 51.4. The maximum Gasteiger partial charge on any atom is 0.507 e. The van der Waals surface area contributed by atoms with Gasteiger partial charge >= 0.3 is 7.12 Å². The van der Waals surface area contributed by atoms with E-state index in [-0.39, 0.29) is 28.1 Å². The first-order valence-corrected chi connectivity index (χ1v) is 32.9. The molecule has 0 saturated heterocycles. The van der Waals surface area contributed by atoms with Crippen LogP contribution in [0, 0.1) is 11.6 Å². The predicted octanol–water partition coefficient (Wildman–Crippen LogP) is 14.8. The van der Waals surface area contributed by atoms with Gasteiger partial charge in [0.2, 0.25) is 0 Å². The van der Waals surface area contributed by atoms with Crippen LogP contribution < -0.4 is 28.1 Å². The SMILES string of the molecule is Br.Cn1nc(-c2ccccc2)cc1-c1ccc(N)s1.Cn1nc(-c2ccccc2)cc1-c1cnc(N)s1.Cn1nc(-c2ccccc2)cc1-c1cnc(NC(=O)c2ccccc2F)s1.Cn1nc(-c2ccccc2)cc1B(O)O.Nc1ncc(Br)s1.O=C(Cl)c1ccccc1F. The summed E-state index contributed by atoms with van der Waals surface area (Å²) in [6, 6.07) is 63.0. The number of carbonyl (C=O) groups is 2. The van der Waals surface area contributed by atoms with Gasteiger partial charge in [0.1, 0.15) is 11.6 Å². The Morgan fingerprint density at radius 3 is 1.22 bits per heavy atom. The van der Waals surface area contributed by atoms with E-state index in [9.17, 15) is 18.4 Å². The van der Waals surface area contributed by atoms with E-state index < -0.39 is 29.9 Å². The number of halogens is 5. The molecule has 96 heavy (non-hydrogen) atoms. The molecule has 0 radical (unpaired) electrons. The van der Waals surface area contributed by atoms with E-state index in [0.29, 0.717) is 21.0 Å². The minimum atomic E-state index is -1.49. The molecule has 1 amide bonds. The molecule has 488 valence electrons. The number of rotatable bonds is 11. The monoisotopic (exact) mass is 1510 g/mol. The quantitative estimate of drug-likeness (QED) is 0.0519. The number of amides is 1.